The second kappa shape index (κ2) is 9.65. The van der Waals surface area contributed by atoms with E-state index in [1.54, 1.807) is 26.3 Å². The summed E-state index contributed by atoms with van der Waals surface area (Å²) in [6.07, 6.45) is -0.0445. The third-order valence-corrected chi connectivity index (χ3v) is 6.06. The van der Waals surface area contributed by atoms with Crippen molar-refractivity contribution in [3.8, 4) is 5.75 Å². The molecule has 3 aromatic carbocycles. The van der Waals surface area contributed by atoms with Crippen LogP contribution < -0.4 is 4.74 Å². The Balaban J connectivity index is 1.80. The van der Waals surface area contributed by atoms with Crippen LogP contribution in [0.1, 0.15) is 30.5 Å². The maximum Gasteiger partial charge on any atom is 0.270 e. The number of ether oxygens (including phenoxy) is 2. The number of aryl methyl sites for hydroxylation is 2. The number of hydrogen-bond acceptors (Lipinski definition) is 5. The molecule has 0 aliphatic carbocycles. The number of hydrogen-bond donors (Lipinski definition) is 0. The Bertz CT molecular complexity index is 1400. The number of non-ortho nitro benzene ring substituents is 1. The fourth-order valence-electron chi connectivity index (χ4n) is 4.57. The molecule has 0 radical (unpaired) electrons. The van der Waals surface area contributed by atoms with Crippen LogP contribution in [0.3, 0.4) is 0 Å². The number of aromatic nitrogens is 1. The van der Waals surface area contributed by atoms with E-state index >= 15 is 0 Å². The van der Waals surface area contributed by atoms with Crippen molar-refractivity contribution >= 4 is 33.2 Å². The van der Waals surface area contributed by atoms with Gasteiger partial charge in [0.1, 0.15) is 11.9 Å². The molecule has 7 heteroatoms. The number of methoxy groups -OCH3 is 1. The standard InChI is InChI=1S/C27H29N3O4/c1-6-29-25-11-7-19(14-23(25)24-15-20(30(31)32)8-12-26(24)29)27(28-4)22-10-9-21(13-17(22)2)34-18(3)16-33-5/h7-15,18H,6,16H2,1-5H3/b28-27+. The van der Waals surface area contributed by atoms with E-state index in [1.807, 2.05) is 38.1 Å². The van der Waals surface area contributed by atoms with E-state index < -0.39 is 0 Å². The van der Waals surface area contributed by atoms with Crippen LogP contribution in [0.5, 0.6) is 5.75 Å². The SMILES string of the molecule is CCn1c2ccc(/C(=N\C)c3ccc(OC(C)COC)cc3C)cc2c2cc([N+](=O)[O-])ccc21. The summed E-state index contributed by atoms with van der Waals surface area (Å²) < 4.78 is 13.3. The Morgan fingerprint density at radius 3 is 2.41 bits per heavy atom. The molecule has 0 aliphatic rings. The molecule has 0 bridgehead atoms. The summed E-state index contributed by atoms with van der Waals surface area (Å²) in [4.78, 5) is 15.7. The molecule has 0 aliphatic heterocycles. The van der Waals surface area contributed by atoms with Crippen molar-refractivity contribution in [2.75, 3.05) is 20.8 Å². The van der Waals surface area contributed by atoms with Crippen LogP contribution in [-0.4, -0.2) is 42.1 Å². The van der Waals surface area contributed by atoms with Gasteiger partial charge in [0.05, 0.1) is 17.2 Å². The van der Waals surface area contributed by atoms with Crippen LogP contribution in [0, 0.1) is 17.0 Å². The van der Waals surface area contributed by atoms with Crippen LogP contribution in [0.15, 0.2) is 59.6 Å². The van der Waals surface area contributed by atoms with E-state index in [-0.39, 0.29) is 16.7 Å². The summed E-state index contributed by atoms with van der Waals surface area (Å²) >= 11 is 0. The minimum atomic E-state index is -0.349. The quantitative estimate of drug-likeness (QED) is 0.186. The van der Waals surface area contributed by atoms with Crippen molar-refractivity contribution < 1.29 is 14.4 Å². The van der Waals surface area contributed by atoms with Crippen LogP contribution in [0.25, 0.3) is 21.8 Å². The molecule has 0 N–H and O–H groups in total. The van der Waals surface area contributed by atoms with Gasteiger partial charge in [-0.1, -0.05) is 6.07 Å². The van der Waals surface area contributed by atoms with Crippen molar-refractivity contribution in [1.29, 1.82) is 0 Å². The molecular weight excluding hydrogens is 430 g/mol. The van der Waals surface area contributed by atoms with E-state index in [0.29, 0.717) is 6.61 Å². The lowest BCUT2D eigenvalue weighted by Crippen LogP contribution is -2.18. The summed E-state index contributed by atoms with van der Waals surface area (Å²) in [6, 6.07) is 17.3. The number of aliphatic imine (C=N–C) groups is 1. The van der Waals surface area contributed by atoms with Gasteiger partial charge in [-0.3, -0.25) is 15.1 Å². The highest BCUT2D eigenvalue weighted by Gasteiger charge is 2.17. The molecule has 0 fully saturated rings. The zero-order valence-corrected chi connectivity index (χ0v) is 20.2. The van der Waals surface area contributed by atoms with Crippen molar-refractivity contribution in [3.05, 3.63) is 81.4 Å². The van der Waals surface area contributed by atoms with Gasteiger partial charge in [0.2, 0.25) is 0 Å². The van der Waals surface area contributed by atoms with E-state index in [4.69, 9.17) is 9.47 Å². The molecule has 1 unspecified atom stereocenters. The third kappa shape index (κ3) is 4.26. The molecule has 1 heterocycles. The molecule has 0 amide bonds. The maximum atomic E-state index is 11.4. The predicted octanol–water partition coefficient (Wildman–Crippen LogP) is 5.91. The Morgan fingerprint density at radius 2 is 1.79 bits per heavy atom. The number of rotatable bonds is 8. The Labute approximate surface area is 198 Å². The maximum absolute atomic E-state index is 11.4. The lowest BCUT2D eigenvalue weighted by Gasteiger charge is -2.16. The smallest absolute Gasteiger partial charge is 0.270 e. The van der Waals surface area contributed by atoms with Gasteiger partial charge in [0, 0.05) is 65.8 Å². The average Bonchev–Trinajstić information content (AvgIpc) is 3.13. The summed E-state index contributed by atoms with van der Waals surface area (Å²) in [7, 11) is 3.44. The van der Waals surface area contributed by atoms with Crippen LogP contribution >= 0.6 is 0 Å². The first-order valence-corrected chi connectivity index (χ1v) is 11.3. The predicted molar refractivity (Wildman–Crippen MR) is 136 cm³/mol. The van der Waals surface area contributed by atoms with Crippen LogP contribution in [0.4, 0.5) is 5.69 Å². The molecule has 1 atom stereocenters. The van der Waals surface area contributed by atoms with Gasteiger partial charge in [0.15, 0.2) is 0 Å². The van der Waals surface area contributed by atoms with Gasteiger partial charge < -0.3 is 14.0 Å². The molecule has 4 aromatic rings. The largest absolute Gasteiger partial charge is 0.488 e. The van der Waals surface area contributed by atoms with Crippen molar-refractivity contribution in [2.24, 2.45) is 4.99 Å². The summed E-state index contributed by atoms with van der Waals surface area (Å²) in [5, 5.41) is 13.2. The average molecular weight is 460 g/mol. The van der Waals surface area contributed by atoms with E-state index in [0.717, 1.165) is 56.5 Å². The minimum Gasteiger partial charge on any atom is -0.488 e. The highest BCUT2D eigenvalue weighted by Crippen LogP contribution is 2.33. The van der Waals surface area contributed by atoms with Gasteiger partial charge in [-0.25, -0.2) is 0 Å². The first kappa shape index (κ1) is 23.4. The van der Waals surface area contributed by atoms with Crippen molar-refractivity contribution in [3.63, 3.8) is 0 Å². The van der Waals surface area contributed by atoms with Gasteiger partial charge in [-0.05, 0) is 62.7 Å². The summed E-state index contributed by atoms with van der Waals surface area (Å²) in [5.41, 5.74) is 6.00. The number of nitro groups is 1. The molecule has 0 saturated carbocycles. The molecule has 0 saturated heterocycles. The van der Waals surface area contributed by atoms with Crippen molar-refractivity contribution in [2.45, 2.75) is 33.4 Å². The van der Waals surface area contributed by atoms with Crippen LogP contribution in [-0.2, 0) is 11.3 Å². The normalized spacial score (nSPS) is 12.9. The minimum absolute atomic E-state index is 0.0445. The van der Waals surface area contributed by atoms with E-state index in [9.17, 15) is 10.1 Å². The fraction of sp³-hybridized carbons (Fsp3) is 0.296. The lowest BCUT2D eigenvalue weighted by atomic mass is 9.96. The second-order valence-electron chi connectivity index (χ2n) is 8.37. The second-order valence-corrected chi connectivity index (χ2v) is 8.37. The monoisotopic (exact) mass is 459 g/mol. The number of nitro benzene ring substituents is 1. The van der Waals surface area contributed by atoms with E-state index in [1.165, 1.54) is 0 Å². The number of benzene rings is 3. The molecule has 176 valence electrons. The topological polar surface area (TPSA) is 78.9 Å². The van der Waals surface area contributed by atoms with E-state index in [2.05, 4.69) is 34.7 Å². The Morgan fingerprint density at radius 1 is 1.09 bits per heavy atom. The molecule has 1 aromatic heterocycles. The zero-order valence-electron chi connectivity index (χ0n) is 20.2. The zero-order chi connectivity index (χ0) is 24.4. The fourth-order valence-corrected chi connectivity index (χ4v) is 4.57. The molecular formula is C27H29N3O4. The number of fused-ring (bicyclic) bond motifs is 3. The molecule has 7 nitrogen and oxygen atoms in total. The first-order chi connectivity index (χ1) is 16.4. The third-order valence-electron chi connectivity index (χ3n) is 6.06. The highest BCUT2D eigenvalue weighted by atomic mass is 16.6. The first-order valence-electron chi connectivity index (χ1n) is 11.3. The molecule has 34 heavy (non-hydrogen) atoms. The summed E-state index contributed by atoms with van der Waals surface area (Å²) in [5.74, 6) is 0.787. The van der Waals surface area contributed by atoms with Gasteiger partial charge in [-0.2, -0.15) is 0 Å². The van der Waals surface area contributed by atoms with Gasteiger partial charge in [0.25, 0.3) is 5.69 Å². The summed E-state index contributed by atoms with van der Waals surface area (Å²) in [6.45, 7) is 7.38. The van der Waals surface area contributed by atoms with Gasteiger partial charge in [-0.15, -0.1) is 0 Å². The Hall–Kier alpha value is -3.71. The van der Waals surface area contributed by atoms with Crippen LogP contribution in [0.2, 0.25) is 0 Å². The number of nitrogens with zero attached hydrogens (tertiary/aromatic N) is 3. The Kier molecular flexibility index (Phi) is 6.65. The molecule has 4 rings (SSSR count). The van der Waals surface area contributed by atoms with Gasteiger partial charge >= 0.3 is 0 Å². The molecule has 0 spiro atoms. The van der Waals surface area contributed by atoms with Crippen molar-refractivity contribution in [1.82, 2.24) is 4.57 Å². The lowest BCUT2D eigenvalue weighted by molar-refractivity contribution is -0.384. The highest BCUT2D eigenvalue weighted by molar-refractivity contribution is 6.17.